The molecule has 2 aromatic carbocycles. The molecule has 0 bridgehead atoms. The minimum absolute atomic E-state index is 0.0865. The minimum atomic E-state index is -1.10. The van der Waals surface area contributed by atoms with Gasteiger partial charge in [-0.15, -0.1) is 0 Å². The normalized spacial score (nSPS) is 17.2. The molecule has 476 valence electrons. The summed E-state index contributed by atoms with van der Waals surface area (Å²) in [4.78, 5) is 130. The van der Waals surface area contributed by atoms with E-state index in [0.29, 0.717) is 42.6 Å². The second kappa shape index (κ2) is 35.5. The highest BCUT2D eigenvalue weighted by Crippen LogP contribution is 2.30. The number of likely N-dealkylation sites (tertiary alicyclic amines) is 1. The number of aliphatic hydroxyl groups is 1. The maximum absolute atomic E-state index is 14.8. The number of hydrogen-bond donors (Lipinski definition) is 9. The molecule has 0 radical (unpaired) electrons. The van der Waals surface area contributed by atoms with Gasteiger partial charge in [-0.05, 0) is 79.5 Å². The number of anilines is 1. The molecule has 3 rings (SSSR count). The summed E-state index contributed by atoms with van der Waals surface area (Å²) in [6.45, 7) is 17.8. The molecule has 85 heavy (non-hydrogen) atoms. The molecule has 0 aliphatic carbocycles. The molecule has 0 saturated carbocycles. The standard InChI is InChI=1S/C60H97N11O14/c1-15-37(8)51(45(82-13)31-47(73)71-30-20-24-44(71)53(83-14)38(9)54(75)64-39(10)52(74)41-21-17-16-18-22-41)69(11)58(79)49(35(4)5)68-57(78)50(36(6)7)70(12)60(81)84-32-40-25-27-42(28-26-40)65-55(76)43(23-19-29-63-59(61)80)66-56(77)48(34(2)3)67-46(72)33-85-62/h16-18,21-22,25-28,34-39,43-45,48-53,74H,15,19-20,23-24,29-33,62H2,1-14H3,(H,64,75)(H,65,76)(H,66,77)(H,67,72)(H,68,78)(H3,61,63,80)/t37-,38-,39-,43+,44+,45-,48+,49+,50+,51+,52-,53-/m0/s1. The predicted octanol–water partition coefficient (Wildman–Crippen LogP) is 3.48. The van der Waals surface area contributed by atoms with Crippen LogP contribution in [0.3, 0.4) is 0 Å². The molecule has 25 heteroatoms. The van der Waals surface area contributed by atoms with Crippen LogP contribution in [0.1, 0.15) is 125 Å². The number of nitrogens with two attached hydrogens (primary N) is 2. The molecular weight excluding hydrogens is 1100 g/mol. The van der Waals surface area contributed by atoms with Crippen LogP contribution in [0, 0.1) is 29.6 Å². The van der Waals surface area contributed by atoms with E-state index in [1.165, 1.54) is 26.2 Å². The zero-order valence-corrected chi connectivity index (χ0v) is 52.2. The van der Waals surface area contributed by atoms with Gasteiger partial charge >= 0.3 is 12.1 Å². The lowest BCUT2D eigenvalue weighted by atomic mass is 9.89. The number of carbonyl (C=O) groups is 9. The van der Waals surface area contributed by atoms with Gasteiger partial charge in [0, 0.05) is 47.1 Å². The van der Waals surface area contributed by atoms with Crippen LogP contribution in [0.5, 0.6) is 0 Å². The second-order valence-corrected chi connectivity index (χ2v) is 23.1. The highest BCUT2D eigenvalue weighted by molar-refractivity contribution is 5.98. The summed E-state index contributed by atoms with van der Waals surface area (Å²) < 4.78 is 17.7. The van der Waals surface area contributed by atoms with E-state index in [1.54, 1.807) is 109 Å². The van der Waals surface area contributed by atoms with Gasteiger partial charge in [-0.25, -0.2) is 15.5 Å². The third kappa shape index (κ3) is 21.5. The summed E-state index contributed by atoms with van der Waals surface area (Å²) in [5, 5.41) is 27.2. The number of aliphatic hydroxyl groups excluding tert-OH is 1. The van der Waals surface area contributed by atoms with Crippen LogP contribution in [-0.2, 0) is 59.2 Å². The van der Waals surface area contributed by atoms with E-state index < -0.39 is 127 Å². The summed E-state index contributed by atoms with van der Waals surface area (Å²) in [5.41, 5.74) is 6.73. The summed E-state index contributed by atoms with van der Waals surface area (Å²) >= 11 is 0. The first-order chi connectivity index (χ1) is 40.1. The van der Waals surface area contributed by atoms with Crippen LogP contribution in [-0.4, -0.2) is 176 Å². The number of urea groups is 1. The Kier molecular flexibility index (Phi) is 30.2. The number of methoxy groups -OCH3 is 2. The Bertz CT molecular complexity index is 2490. The Labute approximate surface area is 501 Å². The van der Waals surface area contributed by atoms with Crippen LogP contribution in [0.15, 0.2) is 54.6 Å². The highest BCUT2D eigenvalue weighted by Gasteiger charge is 2.44. The average molecular weight is 1200 g/mol. The first-order valence-electron chi connectivity index (χ1n) is 29.3. The molecular formula is C60H97N11O14. The summed E-state index contributed by atoms with van der Waals surface area (Å²) in [7, 11) is 6.08. The first-order valence-corrected chi connectivity index (χ1v) is 29.3. The molecule has 0 spiro atoms. The van der Waals surface area contributed by atoms with E-state index in [4.69, 9.17) is 25.8 Å². The van der Waals surface area contributed by atoms with E-state index in [1.807, 2.05) is 32.0 Å². The molecule has 1 aliphatic rings. The Morgan fingerprint density at radius 1 is 0.753 bits per heavy atom. The van der Waals surface area contributed by atoms with Gasteiger partial charge in [-0.2, -0.15) is 0 Å². The van der Waals surface area contributed by atoms with E-state index in [-0.39, 0.29) is 56.1 Å². The number of hydrogen-bond acceptors (Lipinski definition) is 15. The fourth-order valence-corrected chi connectivity index (χ4v) is 10.7. The molecule has 0 unspecified atom stereocenters. The topological polar surface area (TPSA) is 345 Å². The lowest BCUT2D eigenvalue weighted by Crippen LogP contribution is -2.60. The fourth-order valence-electron chi connectivity index (χ4n) is 10.7. The van der Waals surface area contributed by atoms with Crippen molar-refractivity contribution in [2.45, 2.75) is 175 Å². The molecule has 12 atom stereocenters. The number of likely N-dealkylation sites (N-methyl/N-ethyl adjacent to an activating group) is 2. The van der Waals surface area contributed by atoms with Crippen LogP contribution in [0.2, 0.25) is 0 Å². The van der Waals surface area contributed by atoms with Crippen LogP contribution in [0.4, 0.5) is 15.3 Å². The first kappa shape index (κ1) is 72.3. The number of amides is 10. The van der Waals surface area contributed by atoms with Gasteiger partial charge < -0.3 is 66.8 Å². The van der Waals surface area contributed by atoms with Gasteiger partial charge in [0.25, 0.3) is 0 Å². The van der Waals surface area contributed by atoms with Gasteiger partial charge in [0.05, 0.1) is 48.8 Å². The average Bonchev–Trinajstić information content (AvgIpc) is 4.23. The zero-order chi connectivity index (χ0) is 63.8. The van der Waals surface area contributed by atoms with Crippen LogP contribution < -0.4 is 43.5 Å². The van der Waals surface area contributed by atoms with Crippen molar-refractivity contribution in [3.8, 4) is 0 Å². The van der Waals surface area contributed by atoms with Gasteiger partial charge in [0.15, 0.2) is 0 Å². The number of nitrogens with zero attached hydrogens (tertiary/aromatic N) is 3. The maximum atomic E-state index is 14.8. The van der Waals surface area contributed by atoms with Crippen molar-refractivity contribution in [3.63, 3.8) is 0 Å². The lowest BCUT2D eigenvalue weighted by molar-refractivity contribution is -0.148. The Morgan fingerprint density at radius 2 is 1.39 bits per heavy atom. The van der Waals surface area contributed by atoms with Gasteiger partial charge in [-0.1, -0.05) is 111 Å². The van der Waals surface area contributed by atoms with E-state index in [0.717, 1.165) is 0 Å². The number of rotatable bonds is 34. The van der Waals surface area contributed by atoms with Crippen molar-refractivity contribution in [1.29, 1.82) is 0 Å². The predicted molar refractivity (Wildman–Crippen MR) is 319 cm³/mol. The number of primary amides is 1. The Hall–Kier alpha value is -6.93. The molecule has 2 aromatic rings. The summed E-state index contributed by atoms with van der Waals surface area (Å²) in [6, 6.07) is 8.77. The second-order valence-electron chi connectivity index (χ2n) is 23.1. The van der Waals surface area contributed by atoms with E-state index in [2.05, 4.69) is 36.7 Å². The molecule has 11 N–H and O–H groups in total. The molecule has 1 aliphatic heterocycles. The van der Waals surface area contributed by atoms with Crippen molar-refractivity contribution in [1.82, 2.24) is 41.3 Å². The van der Waals surface area contributed by atoms with E-state index >= 15 is 0 Å². The Balaban J connectivity index is 1.71. The number of benzene rings is 2. The van der Waals surface area contributed by atoms with Crippen molar-refractivity contribution in [2.75, 3.05) is 53.3 Å². The fraction of sp³-hybridized carbons (Fsp3) is 0.650. The molecule has 1 heterocycles. The summed E-state index contributed by atoms with van der Waals surface area (Å²) in [6.07, 6.45) is -1.01. The zero-order valence-electron chi connectivity index (χ0n) is 52.2. The minimum Gasteiger partial charge on any atom is -0.445 e. The number of nitrogens with one attached hydrogen (secondary N) is 6. The SMILES string of the molecule is CC[C@H](C)[C@H]([C@H](CC(=O)N1CCC[C@@H]1[C@@H](OC)[C@H](C)C(=O)N[C@@H](C)[C@H](O)c1ccccc1)OC)N(C)C(=O)[C@H](NC(=O)[C@@H](C(C)C)N(C)C(=O)OCc1ccc(NC(=O)[C@@H](CCCNC(N)=O)NC(=O)[C@H](NC(=O)CON)C(C)C)cc1)C(C)C. The van der Waals surface area contributed by atoms with Crippen molar-refractivity contribution in [2.24, 2.45) is 41.2 Å². The third-order valence-electron chi connectivity index (χ3n) is 15.7. The van der Waals surface area contributed by atoms with Crippen molar-refractivity contribution in [3.05, 3.63) is 65.7 Å². The molecule has 1 fully saturated rings. The van der Waals surface area contributed by atoms with Crippen molar-refractivity contribution >= 4 is 59.2 Å². The highest BCUT2D eigenvalue weighted by atomic mass is 16.6. The van der Waals surface area contributed by atoms with Crippen LogP contribution in [0.25, 0.3) is 0 Å². The maximum Gasteiger partial charge on any atom is 0.410 e. The third-order valence-corrected chi connectivity index (χ3v) is 15.7. The molecule has 10 amide bonds. The quantitative estimate of drug-likeness (QED) is 0.0358. The molecule has 0 aromatic heterocycles. The summed E-state index contributed by atoms with van der Waals surface area (Å²) in [5.74, 6) is -0.479. The largest absolute Gasteiger partial charge is 0.445 e. The van der Waals surface area contributed by atoms with Crippen molar-refractivity contribution < 1.29 is 67.3 Å². The van der Waals surface area contributed by atoms with Gasteiger partial charge in [-0.3, -0.25) is 43.3 Å². The van der Waals surface area contributed by atoms with E-state index in [9.17, 15) is 48.3 Å². The number of carbonyl (C=O) groups excluding carboxylic acids is 9. The monoisotopic (exact) mass is 1200 g/mol. The Morgan fingerprint density at radius 3 is 1.94 bits per heavy atom. The molecule has 1 saturated heterocycles. The van der Waals surface area contributed by atoms with Crippen LogP contribution >= 0.6 is 0 Å². The van der Waals surface area contributed by atoms with Gasteiger partial charge in [0.2, 0.25) is 41.4 Å². The number of ether oxygens (including phenoxy) is 3. The lowest BCUT2D eigenvalue weighted by Gasteiger charge is -2.41. The molecule has 25 nitrogen and oxygen atoms in total. The smallest absolute Gasteiger partial charge is 0.410 e. The van der Waals surface area contributed by atoms with Gasteiger partial charge in [0.1, 0.15) is 37.4 Å².